The molecule has 16 heavy (non-hydrogen) atoms. The van der Waals surface area contributed by atoms with Gasteiger partial charge in [0.1, 0.15) is 11.3 Å². The number of ketones is 1. The zero-order valence-electron chi connectivity index (χ0n) is 8.21. The molecule has 1 aliphatic rings. The van der Waals surface area contributed by atoms with Crippen molar-refractivity contribution in [3.63, 3.8) is 0 Å². The normalized spacial score (nSPS) is 18.2. The Labute approximate surface area is 91.5 Å². The van der Waals surface area contributed by atoms with Crippen LogP contribution in [0.5, 0.6) is 0 Å². The second-order valence-corrected chi connectivity index (χ2v) is 3.17. The molecule has 4 heteroatoms. The molecule has 1 N–H and O–H groups in total. The van der Waals surface area contributed by atoms with E-state index in [0.29, 0.717) is 11.8 Å². The molecular weight excluding hydrogens is 208 g/mol. The summed E-state index contributed by atoms with van der Waals surface area (Å²) in [5.74, 6) is -1.20. The van der Waals surface area contributed by atoms with Crippen molar-refractivity contribution in [3.05, 3.63) is 53.8 Å². The Kier molecular flexibility index (Phi) is 2.55. The Morgan fingerprint density at radius 3 is 2.38 bits per heavy atom. The molecule has 1 aliphatic heterocycles. The minimum Gasteiger partial charge on any atom is -0.515 e. The predicted octanol–water partition coefficient (Wildman–Crippen LogP) is 1.60. The van der Waals surface area contributed by atoms with E-state index in [4.69, 9.17) is 9.84 Å². The van der Waals surface area contributed by atoms with Gasteiger partial charge in [0.25, 0.3) is 0 Å². The molecule has 1 heterocycles. The summed E-state index contributed by atoms with van der Waals surface area (Å²) < 4.78 is 4.92. The number of carbonyl (C=O) groups excluding carboxylic acids is 2. The average Bonchev–Trinajstić information content (AvgIpc) is 2.30. The molecular formula is C12H8O4. The standard InChI is InChI=1S/C12H8O4/c13-7-9-10(14)6-11(16-12(9)15)8-4-2-1-3-5-8/h1-7,13H/b9-7+. The SMILES string of the molecule is O=C1C=C(c2ccccc2)OC(=O)/C1=C/O. The lowest BCUT2D eigenvalue weighted by molar-refractivity contribution is -0.134. The van der Waals surface area contributed by atoms with Crippen molar-refractivity contribution < 1.29 is 19.4 Å². The number of benzene rings is 1. The van der Waals surface area contributed by atoms with E-state index in [1.54, 1.807) is 24.3 Å². The number of cyclic esters (lactones) is 1. The van der Waals surface area contributed by atoms with Crippen LogP contribution in [-0.2, 0) is 14.3 Å². The van der Waals surface area contributed by atoms with E-state index in [2.05, 4.69) is 0 Å². The van der Waals surface area contributed by atoms with Gasteiger partial charge in [0.05, 0.1) is 6.26 Å². The molecule has 1 aromatic rings. The minimum atomic E-state index is -0.839. The van der Waals surface area contributed by atoms with Crippen LogP contribution in [0.2, 0.25) is 0 Å². The maximum Gasteiger partial charge on any atom is 0.350 e. The molecule has 4 nitrogen and oxygen atoms in total. The fourth-order valence-corrected chi connectivity index (χ4v) is 1.34. The molecule has 0 unspecified atom stereocenters. The Balaban J connectivity index is 2.40. The highest BCUT2D eigenvalue weighted by atomic mass is 16.5. The van der Waals surface area contributed by atoms with Crippen LogP contribution in [0.25, 0.3) is 5.76 Å². The van der Waals surface area contributed by atoms with E-state index < -0.39 is 11.8 Å². The van der Waals surface area contributed by atoms with Crippen molar-refractivity contribution in [2.45, 2.75) is 0 Å². The third-order valence-electron chi connectivity index (χ3n) is 2.14. The van der Waals surface area contributed by atoms with Gasteiger partial charge in [-0.25, -0.2) is 4.79 Å². The summed E-state index contributed by atoms with van der Waals surface area (Å²) in [7, 11) is 0. The lowest BCUT2D eigenvalue weighted by Gasteiger charge is -2.13. The smallest absolute Gasteiger partial charge is 0.350 e. The lowest BCUT2D eigenvalue weighted by atomic mass is 10.1. The zero-order chi connectivity index (χ0) is 11.5. The number of esters is 1. The second-order valence-electron chi connectivity index (χ2n) is 3.17. The van der Waals surface area contributed by atoms with Gasteiger partial charge >= 0.3 is 5.97 Å². The predicted molar refractivity (Wildman–Crippen MR) is 56.2 cm³/mol. The van der Waals surface area contributed by atoms with Crippen LogP contribution in [0.1, 0.15) is 5.56 Å². The molecule has 0 aliphatic carbocycles. The molecule has 0 aromatic heterocycles. The second kappa shape index (κ2) is 4.02. The van der Waals surface area contributed by atoms with Gasteiger partial charge in [-0.3, -0.25) is 4.79 Å². The van der Waals surface area contributed by atoms with Gasteiger partial charge in [0.15, 0.2) is 5.78 Å². The number of ether oxygens (including phenoxy) is 1. The highest BCUT2D eigenvalue weighted by Gasteiger charge is 2.26. The number of rotatable bonds is 1. The van der Waals surface area contributed by atoms with Gasteiger partial charge in [0, 0.05) is 11.6 Å². The van der Waals surface area contributed by atoms with Gasteiger partial charge in [-0.15, -0.1) is 0 Å². The van der Waals surface area contributed by atoms with Crippen LogP contribution in [0, 0.1) is 0 Å². The van der Waals surface area contributed by atoms with Crippen LogP contribution in [0.4, 0.5) is 0 Å². The number of hydrogen-bond acceptors (Lipinski definition) is 4. The fraction of sp³-hybridized carbons (Fsp3) is 0. The van der Waals surface area contributed by atoms with Crippen LogP contribution in [0.3, 0.4) is 0 Å². The summed E-state index contributed by atoms with van der Waals surface area (Å²) in [6.45, 7) is 0. The van der Waals surface area contributed by atoms with Crippen LogP contribution < -0.4 is 0 Å². The van der Waals surface area contributed by atoms with Crippen molar-refractivity contribution in [2.75, 3.05) is 0 Å². The average molecular weight is 216 g/mol. The quantitative estimate of drug-likeness (QED) is 0.335. The van der Waals surface area contributed by atoms with Crippen molar-refractivity contribution in [3.8, 4) is 0 Å². The maximum absolute atomic E-state index is 11.4. The molecule has 0 atom stereocenters. The summed E-state index contributed by atoms with van der Waals surface area (Å²) in [4.78, 5) is 22.7. The van der Waals surface area contributed by atoms with Crippen molar-refractivity contribution >= 4 is 17.5 Å². The van der Waals surface area contributed by atoms with E-state index >= 15 is 0 Å². The summed E-state index contributed by atoms with van der Waals surface area (Å²) >= 11 is 0. The summed E-state index contributed by atoms with van der Waals surface area (Å²) in [5.41, 5.74) is 0.279. The van der Waals surface area contributed by atoms with Gasteiger partial charge in [-0.1, -0.05) is 30.3 Å². The number of carbonyl (C=O) groups is 2. The van der Waals surface area contributed by atoms with E-state index in [0.717, 1.165) is 0 Å². The van der Waals surface area contributed by atoms with E-state index in [1.165, 1.54) is 6.08 Å². The van der Waals surface area contributed by atoms with Crippen molar-refractivity contribution in [2.24, 2.45) is 0 Å². The van der Waals surface area contributed by atoms with Gasteiger partial charge in [-0.2, -0.15) is 0 Å². The first-order valence-corrected chi connectivity index (χ1v) is 4.60. The first-order valence-electron chi connectivity index (χ1n) is 4.60. The van der Waals surface area contributed by atoms with Gasteiger partial charge in [-0.05, 0) is 0 Å². The molecule has 2 rings (SSSR count). The molecule has 80 valence electrons. The molecule has 0 amide bonds. The highest BCUT2D eigenvalue weighted by Crippen LogP contribution is 2.22. The molecule has 0 spiro atoms. The summed E-state index contributed by atoms with van der Waals surface area (Å²) in [6.07, 6.45) is 1.64. The summed E-state index contributed by atoms with van der Waals surface area (Å²) in [6, 6.07) is 8.80. The van der Waals surface area contributed by atoms with E-state index in [9.17, 15) is 9.59 Å². The lowest BCUT2D eigenvalue weighted by Crippen LogP contribution is -2.19. The Hall–Kier alpha value is -2.36. The number of hydrogen-bond donors (Lipinski definition) is 1. The number of aliphatic hydroxyl groups excluding tert-OH is 1. The summed E-state index contributed by atoms with van der Waals surface area (Å²) in [5, 5.41) is 8.68. The Morgan fingerprint density at radius 1 is 1.12 bits per heavy atom. The zero-order valence-corrected chi connectivity index (χ0v) is 8.21. The molecule has 0 bridgehead atoms. The number of aliphatic hydroxyl groups is 1. The van der Waals surface area contributed by atoms with Crippen LogP contribution in [-0.4, -0.2) is 16.9 Å². The maximum atomic E-state index is 11.4. The van der Waals surface area contributed by atoms with Crippen molar-refractivity contribution in [1.29, 1.82) is 0 Å². The van der Waals surface area contributed by atoms with Crippen molar-refractivity contribution in [1.82, 2.24) is 0 Å². The van der Waals surface area contributed by atoms with E-state index in [1.807, 2.05) is 6.07 Å². The topological polar surface area (TPSA) is 63.6 Å². The molecule has 1 aromatic carbocycles. The monoisotopic (exact) mass is 216 g/mol. The molecule has 0 radical (unpaired) electrons. The van der Waals surface area contributed by atoms with Gasteiger partial charge < -0.3 is 9.84 Å². The third-order valence-corrected chi connectivity index (χ3v) is 2.14. The fourth-order valence-electron chi connectivity index (χ4n) is 1.34. The van der Waals surface area contributed by atoms with Crippen LogP contribution >= 0.6 is 0 Å². The Bertz CT molecular complexity index is 497. The number of allylic oxidation sites excluding steroid dienone is 1. The minimum absolute atomic E-state index is 0.196. The highest BCUT2D eigenvalue weighted by molar-refractivity contribution is 6.26. The molecule has 0 saturated heterocycles. The molecule has 0 fully saturated rings. The van der Waals surface area contributed by atoms with Crippen LogP contribution in [0.15, 0.2) is 48.2 Å². The largest absolute Gasteiger partial charge is 0.515 e. The molecule has 0 saturated carbocycles. The van der Waals surface area contributed by atoms with Gasteiger partial charge in [0.2, 0.25) is 0 Å². The van der Waals surface area contributed by atoms with E-state index in [-0.39, 0.29) is 11.3 Å². The Morgan fingerprint density at radius 2 is 1.81 bits per heavy atom. The first kappa shape index (κ1) is 10.2. The first-order chi connectivity index (χ1) is 7.72. The third kappa shape index (κ3) is 1.72.